The highest BCUT2D eigenvalue weighted by atomic mass is 16.8. The van der Waals surface area contributed by atoms with Crippen molar-refractivity contribution in [2.45, 2.75) is 176 Å². The van der Waals surface area contributed by atoms with Crippen molar-refractivity contribution in [3.8, 4) is 0 Å². The molecule has 5 aliphatic carbocycles. The average Bonchev–Trinajstić information content (AvgIpc) is 3.55. The number of fused-ring (bicyclic) bond motifs is 7. The van der Waals surface area contributed by atoms with Crippen LogP contribution in [0.4, 0.5) is 0 Å². The van der Waals surface area contributed by atoms with Crippen molar-refractivity contribution in [1.29, 1.82) is 0 Å². The molecule has 1 aromatic rings. The summed E-state index contributed by atoms with van der Waals surface area (Å²) in [5.74, 6) is 4.12. The summed E-state index contributed by atoms with van der Waals surface area (Å²) >= 11 is 0. The van der Waals surface area contributed by atoms with Gasteiger partial charge in [0.15, 0.2) is 5.79 Å². The molecule has 4 heteroatoms. The molecule has 1 saturated heterocycles. The fourth-order valence-electron chi connectivity index (χ4n) is 15.0. The van der Waals surface area contributed by atoms with E-state index in [4.69, 9.17) is 14.2 Å². The van der Waals surface area contributed by atoms with Gasteiger partial charge in [-0.2, -0.15) is 0 Å². The first-order chi connectivity index (χ1) is 23.0. The Bertz CT molecular complexity index is 1310. The zero-order valence-corrected chi connectivity index (χ0v) is 32.9. The first kappa shape index (κ1) is 36.4. The molecule has 0 radical (unpaired) electrons. The predicted molar refractivity (Wildman–Crippen MR) is 199 cm³/mol. The summed E-state index contributed by atoms with van der Waals surface area (Å²) in [5, 5.41) is 11.5. The van der Waals surface area contributed by atoms with Crippen molar-refractivity contribution in [1.82, 2.24) is 0 Å². The normalized spacial score (nSPS) is 46.6. The lowest BCUT2D eigenvalue weighted by Crippen LogP contribution is -2.65. The van der Waals surface area contributed by atoms with Crippen LogP contribution in [0.3, 0.4) is 0 Å². The van der Waals surface area contributed by atoms with Gasteiger partial charge in [-0.25, -0.2) is 0 Å². The Morgan fingerprint density at radius 2 is 1.41 bits per heavy atom. The number of benzene rings is 1. The van der Waals surface area contributed by atoms with Gasteiger partial charge in [0.1, 0.15) is 12.2 Å². The number of aliphatic hydroxyl groups excluding tert-OH is 1. The molecule has 7 rings (SSSR count). The van der Waals surface area contributed by atoms with Crippen LogP contribution in [0.1, 0.15) is 151 Å². The van der Waals surface area contributed by atoms with Gasteiger partial charge in [-0.15, -0.1) is 0 Å². The smallest absolute Gasteiger partial charge is 0.164 e. The van der Waals surface area contributed by atoms with Gasteiger partial charge in [0.05, 0.1) is 19.3 Å². The molecule has 1 aromatic carbocycles. The molecule has 0 aromatic heterocycles. The Morgan fingerprint density at radius 3 is 2.12 bits per heavy atom. The molecule has 6 fully saturated rings. The fourth-order valence-corrected chi connectivity index (χ4v) is 15.0. The van der Waals surface area contributed by atoms with Crippen LogP contribution in [0, 0.1) is 62.6 Å². The van der Waals surface area contributed by atoms with Gasteiger partial charge in [0, 0.05) is 0 Å². The Labute approximate surface area is 300 Å². The zero-order valence-electron chi connectivity index (χ0n) is 32.9. The van der Waals surface area contributed by atoms with Crippen molar-refractivity contribution in [3.63, 3.8) is 0 Å². The van der Waals surface area contributed by atoms with Crippen molar-refractivity contribution < 1.29 is 19.3 Å². The quantitative estimate of drug-likeness (QED) is 0.283. The Kier molecular flexibility index (Phi) is 9.57. The number of hydrogen-bond acceptors (Lipinski definition) is 4. The molecule has 0 amide bonds. The lowest BCUT2D eigenvalue weighted by Gasteiger charge is -2.73. The molecular formula is C45H72O4. The van der Waals surface area contributed by atoms with Crippen LogP contribution in [-0.4, -0.2) is 35.8 Å². The van der Waals surface area contributed by atoms with Crippen molar-refractivity contribution in [2.75, 3.05) is 6.61 Å². The summed E-state index contributed by atoms with van der Waals surface area (Å²) in [6.45, 7) is 23.7. The third kappa shape index (κ3) is 6.01. The first-order valence-electron chi connectivity index (χ1n) is 20.7. The monoisotopic (exact) mass is 677 g/mol. The first-order valence-corrected chi connectivity index (χ1v) is 20.7. The van der Waals surface area contributed by atoms with Gasteiger partial charge in [-0.05, 0) is 159 Å². The standard InChI is InChI=1S/C45H72O4/c1-30(16-17-34(46)39-35(48-41(4,5)49-39)29-47-28-31-14-11-10-12-15-31)32-20-25-42(6)33(32)21-26-44(8)37(42)18-19-38-43(7)24-13-23-40(2,3)36(43)22-27-45(38,44)9/h10-12,14-15,30,32-39,46H,13,16-29H2,1-9H3/t30?,32-,33+,34-,35+,36+,37-,38-,39-,42+,43+,44-,45-/m1/s1. The lowest BCUT2D eigenvalue weighted by molar-refractivity contribution is -0.241. The molecule has 1 aliphatic heterocycles. The minimum Gasteiger partial charge on any atom is -0.390 e. The molecule has 1 N–H and O–H groups in total. The largest absolute Gasteiger partial charge is 0.390 e. The topological polar surface area (TPSA) is 47.9 Å². The van der Waals surface area contributed by atoms with Crippen LogP contribution < -0.4 is 0 Å². The van der Waals surface area contributed by atoms with Gasteiger partial charge in [0.25, 0.3) is 0 Å². The second kappa shape index (κ2) is 12.9. The summed E-state index contributed by atoms with van der Waals surface area (Å²) in [5.41, 5.74) is 3.54. The number of rotatable bonds is 9. The van der Waals surface area contributed by atoms with Gasteiger partial charge in [-0.3, -0.25) is 0 Å². The van der Waals surface area contributed by atoms with Crippen molar-refractivity contribution in [2.24, 2.45) is 62.6 Å². The van der Waals surface area contributed by atoms with E-state index in [9.17, 15) is 5.11 Å². The molecule has 49 heavy (non-hydrogen) atoms. The van der Waals surface area contributed by atoms with Gasteiger partial charge in [0.2, 0.25) is 0 Å². The molecular weight excluding hydrogens is 604 g/mol. The highest BCUT2D eigenvalue weighted by Gasteiger charge is 2.70. The molecule has 1 unspecified atom stereocenters. The van der Waals surface area contributed by atoms with E-state index >= 15 is 0 Å². The van der Waals surface area contributed by atoms with Gasteiger partial charge < -0.3 is 19.3 Å². The molecule has 13 atom stereocenters. The van der Waals surface area contributed by atoms with E-state index in [0.29, 0.717) is 46.2 Å². The van der Waals surface area contributed by atoms with E-state index in [1.54, 1.807) is 0 Å². The van der Waals surface area contributed by atoms with Crippen LogP contribution >= 0.6 is 0 Å². The molecule has 0 spiro atoms. The Balaban J connectivity index is 0.991. The summed E-state index contributed by atoms with van der Waals surface area (Å²) in [4.78, 5) is 0. The fraction of sp³-hybridized carbons (Fsp3) is 0.867. The average molecular weight is 677 g/mol. The van der Waals surface area contributed by atoms with E-state index < -0.39 is 11.9 Å². The summed E-state index contributed by atoms with van der Waals surface area (Å²) in [6, 6.07) is 10.3. The predicted octanol–water partition coefficient (Wildman–Crippen LogP) is 11.0. The van der Waals surface area contributed by atoms with E-state index in [1.165, 1.54) is 70.6 Å². The van der Waals surface area contributed by atoms with Crippen LogP contribution in [-0.2, 0) is 20.8 Å². The van der Waals surface area contributed by atoms with E-state index in [0.717, 1.165) is 48.0 Å². The SMILES string of the molecule is CC(CC[C@@H](O)[C@H]1OC(C)(C)O[C@H]1COCc1ccccc1)[C@H]1CC[C@]2(C)[C@H]3CC[C@@H]4[C@@]5(C)CCCC(C)(C)[C@@H]5CC[C@@]4(C)[C@]3(C)CC[C@@H]12. The maximum Gasteiger partial charge on any atom is 0.164 e. The van der Waals surface area contributed by atoms with E-state index in [2.05, 4.69) is 60.6 Å². The summed E-state index contributed by atoms with van der Waals surface area (Å²) in [6.07, 6.45) is 16.4. The van der Waals surface area contributed by atoms with Crippen molar-refractivity contribution in [3.05, 3.63) is 35.9 Å². The number of hydrogen-bond donors (Lipinski definition) is 1. The second-order valence-electron chi connectivity index (χ2n) is 20.6. The second-order valence-corrected chi connectivity index (χ2v) is 20.6. The molecule has 0 bridgehead atoms. The minimum atomic E-state index is -0.709. The summed E-state index contributed by atoms with van der Waals surface area (Å²) < 4.78 is 18.6. The van der Waals surface area contributed by atoms with E-state index in [1.807, 2.05) is 32.0 Å². The van der Waals surface area contributed by atoms with Crippen LogP contribution in [0.15, 0.2) is 30.3 Å². The maximum atomic E-state index is 11.5. The van der Waals surface area contributed by atoms with Crippen molar-refractivity contribution >= 4 is 0 Å². The van der Waals surface area contributed by atoms with Crippen LogP contribution in [0.5, 0.6) is 0 Å². The lowest BCUT2D eigenvalue weighted by atomic mass is 9.32. The van der Waals surface area contributed by atoms with Gasteiger partial charge in [-0.1, -0.05) is 85.2 Å². The number of aliphatic hydroxyl groups is 1. The van der Waals surface area contributed by atoms with Crippen LogP contribution in [0.25, 0.3) is 0 Å². The maximum absolute atomic E-state index is 11.5. The summed E-state index contributed by atoms with van der Waals surface area (Å²) in [7, 11) is 0. The molecule has 1 heterocycles. The van der Waals surface area contributed by atoms with Crippen LogP contribution in [0.2, 0.25) is 0 Å². The minimum absolute atomic E-state index is 0.261. The molecule has 276 valence electrons. The Hall–Kier alpha value is -0.940. The molecule has 6 aliphatic rings. The van der Waals surface area contributed by atoms with E-state index in [-0.39, 0.29) is 12.2 Å². The highest BCUT2D eigenvalue weighted by molar-refractivity contribution is 5.19. The third-order valence-electron chi connectivity index (χ3n) is 17.4. The number of ether oxygens (including phenoxy) is 3. The molecule has 5 saturated carbocycles. The Morgan fingerprint density at radius 1 is 0.735 bits per heavy atom. The van der Waals surface area contributed by atoms with Gasteiger partial charge >= 0.3 is 0 Å². The molecule has 4 nitrogen and oxygen atoms in total. The highest BCUT2D eigenvalue weighted by Crippen LogP contribution is 2.78. The third-order valence-corrected chi connectivity index (χ3v) is 17.4. The zero-order chi connectivity index (χ0) is 35.0.